The Kier molecular flexibility index (Phi) is 12.4. The fraction of sp³-hybridized carbons (Fsp3) is 0.935. The third-order valence-corrected chi connectivity index (χ3v) is 9.89. The highest BCUT2D eigenvalue weighted by Gasteiger charge is 2.51. The highest BCUT2D eigenvalue weighted by molar-refractivity contribution is 5.83. The molecule has 0 bridgehead atoms. The van der Waals surface area contributed by atoms with Gasteiger partial charge in [-0.1, -0.05) is 34.6 Å². The van der Waals surface area contributed by atoms with Crippen LogP contribution in [0.1, 0.15) is 81.6 Å². The third kappa shape index (κ3) is 7.69. The van der Waals surface area contributed by atoms with Crippen molar-refractivity contribution in [1.82, 2.24) is 4.90 Å². The van der Waals surface area contributed by atoms with Crippen molar-refractivity contribution in [2.45, 2.75) is 136 Å². The number of ether oxygens (including phenoxy) is 4. The molecule has 240 valence electrons. The van der Waals surface area contributed by atoms with E-state index in [9.17, 15) is 24.9 Å². The first-order valence-electron chi connectivity index (χ1n) is 15.2. The zero-order chi connectivity index (χ0) is 31.6. The van der Waals surface area contributed by atoms with Gasteiger partial charge in [-0.2, -0.15) is 0 Å². The van der Waals surface area contributed by atoms with Crippen molar-refractivity contribution in [3.05, 3.63) is 0 Å². The molecular weight excluding hydrogens is 530 g/mol. The number of Topliss-reactive ketones (excluding diaryl/α,β-unsaturated/α-hetero) is 1. The van der Waals surface area contributed by atoms with Gasteiger partial charge >= 0.3 is 5.97 Å². The molecule has 4 unspecified atom stereocenters. The summed E-state index contributed by atoms with van der Waals surface area (Å²) in [6.07, 6.45) is -3.97. The first-order valence-corrected chi connectivity index (χ1v) is 15.2. The van der Waals surface area contributed by atoms with E-state index in [1.165, 1.54) is 6.92 Å². The molecule has 10 nitrogen and oxygen atoms in total. The second-order valence-corrected chi connectivity index (χ2v) is 13.5. The van der Waals surface area contributed by atoms with Gasteiger partial charge in [-0.25, -0.2) is 0 Å². The zero-order valence-corrected chi connectivity index (χ0v) is 27.3. The maximum atomic E-state index is 13.6. The Labute approximate surface area is 247 Å². The first kappa shape index (κ1) is 36.1. The third-order valence-electron chi connectivity index (χ3n) is 9.89. The van der Waals surface area contributed by atoms with E-state index in [1.807, 2.05) is 27.9 Å². The molecule has 41 heavy (non-hydrogen) atoms. The van der Waals surface area contributed by atoms with E-state index in [-0.39, 0.29) is 36.7 Å². The van der Waals surface area contributed by atoms with Gasteiger partial charge < -0.3 is 39.2 Å². The molecule has 10 heteroatoms. The van der Waals surface area contributed by atoms with Crippen molar-refractivity contribution in [1.29, 1.82) is 0 Å². The predicted octanol–water partition coefficient (Wildman–Crippen LogP) is 2.79. The summed E-state index contributed by atoms with van der Waals surface area (Å²) in [4.78, 5) is 29.1. The summed E-state index contributed by atoms with van der Waals surface area (Å²) >= 11 is 0. The van der Waals surface area contributed by atoms with Crippen LogP contribution in [0, 0.1) is 29.6 Å². The molecule has 2 rings (SSSR count). The van der Waals surface area contributed by atoms with E-state index < -0.39 is 71.5 Å². The maximum Gasteiger partial charge on any atom is 0.311 e. The minimum Gasteiger partial charge on any atom is -0.459 e. The van der Waals surface area contributed by atoms with Crippen LogP contribution in [0.15, 0.2) is 0 Å². The molecular formula is C31H57NO9. The summed E-state index contributed by atoms with van der Waals surface area (Å²) < 4.78 is 24.8. The standard InChI is InChI=1S/C31H57NO9/c1-13-23-31(9,37)26(35)19(5)24(33)16(2)15-30(8,38-12)27(20(6)25(34)21(7)28(36)40-23)41-29-18(4)22(32(10)11)14-17(3)39-29/h16-23,25-27,29,34-35,37H,13-15H2,1-12H3/t16-,17?,18?,19+,20+,21-,22?,23-,25+,26-,27-,29?,30-,31-/m1/s1. The Morgan fingerprint density at radius 1 is 1.00 bits per heavy atom. The molecule has 3 N–H and O–H groups in total. The molecule has 0 radical (unpaired) electrons. The number of hydrogen-bond donors (Lipinski definition) is 3. The van der Waals surface area contributed by atoms with Crippen LogP contribution in [0.3, 0.4) is 0 Å². The van der Waals surface area contributed by atoms with Gasteiger partial charge in [0.15, 0.2) is 6.29 Å². The first-order chi connectivity index (χ1) is 18.8. The molecule has 2 aliphatic rings. The van der Waals surface area contributed by atoms with Crippen molar-refractivity contribution < 1.29 is 43.9 Å². The number of ketones is 1. The molecule has 0 aliphatic carbocycles. The molecule has 2 saturated heterocycles. The van der Waals surface area contributed by atoms with Crippen LogP contribution in [0.5, 0.6) is 0 Å². The molecule has 0 spiro atoms. The zero-order valence-electron chi connectivity index (χ0n) is 27.3. The van der Waals surface area contributed by atoms with Crippen LogP contribution in [0.25, 0.3) is 0 Å². The molecule has 0 aromatic heterocycles. The van der Waals surface area contributed by atoms with E-state index in [4.69, 9.17) is 18.9 Å². The highest BCUT2D eigenvalue weighted by atomic mass is 16.7. The number of carbonyl (C=O) groups excluding carboxylic acids is 2. The van der Waals surface area contributed by atoms with Crippen LogP contribution in [-0.2, 0) is 28.5 Å². The number of esters is 1. The number of cyclic esters (lactones) is 1. The van der Waals surface area contributed by atoms with E-state index >= 15 is 0 Å². The van der Waals surface area contributed by atoms with Gasteiger partial charge in [0, 0.05) is 36.8 Å². The minimum absolute atomic E-state index is 0.0103. The number of aliphatic hydroxyl groups is 3. The molecule has 2 fully saturated rings. The Balaban J connectivity index is 2.60. The number of carbonyl (C=O) groups is 2. The molecule has 0 amide bonds. The summed E-state index contributed by atoms with van der Waals surface area (Å²) in [5, 5.41) is 34.0. The SMILES string of the molecule is CC[C@H]1OC(=O)[C@H](C)[C@@H](O)[C@H](C)[C@@H](OC2OC(C)CC(N(C)C)C2C)[C@](C)(OC)C[C@@H](C)C(=O)[C@H](C)[C@@H](O)[C@]1(C)O. The number of aliphatic hydroxyl groups excluding tert-OH is 2. The lowest BCUT2D eigenvalue weighted by atomic mass is 9.74. The minimum atomic E-state index is -1.88. The number of methoxy groups -OCH3 is 1. The van der Waals surface area contributed by atoms with E-state index in [2.05, 4.69) is 11.8 Å². The Morgan fingerprint density at radius 3 is 2.10 bits per heavy atom. The van der Waals surface area contributed by atoms with Crippen LogP contribution < -0.4 is 0 Å². The summed E-state index contributed by atoms with van der Waals surface area (Å²) in [7, 11) is 5.60. The number of nitrogens with zero attached hydrogens (tertiary/aromatic N) is 1. The average molecular weight is 588 g/mol. The van der Waals surface area contributed by atoms with Crippen molar-refractivity contribution >= 4 is 11.8 Å². The van der Waals surface area contributed by atoms with Gasteiger partial charge in [-0.15, -0.1) is 0 Å². The van der Waals surface area contributed by atoms with E-state index in [1.54, 1.807) is 41.7 Å². The second-order valence-electron chi connectivity index (χ2n) is 13.5. The number of rotatable bonds is 5. The lowest BCUT2D eigenvalue weighted by molar-refractivity contribution is -0.288. The summed E-state index contributed by atoms with van der Waals surface area (Å²) in [5.74, 6) is -4.13. The van der Waals surface area contributed by atoms with Gasteiger partial charge in [-0.05, 0) is 61.1 Å². The van der Waals surface area contributed by atoms with Crippen LogP contribution in [0.4, 0.5) is 0 Å². The Bertz CT molecular complexity index is 882. The van der Waals surface area contributed by atoms with Crippen molar-refractivity contribution in [3.63, 3.8) is 0 Å². The second kappa shape index (κ2) is 14.1. The van der Waals surface area contributed by atoms with Gasteiger partial charge in [0.25, 0.3) is 0 Å². The van der Waals surface area contributed by atoms with Gasteiger partial charge in [0.05, 0.1) is 35.9 Å². The largest absolute Gasteiger partial charge is 0.459 e. The van der Waals surface area contributed by atoms with Crippen LogP contribution >= 0.6 is 0 Å². The monoisotopic (exact) mass is 587 g/mol. The summed E-state index contributed by atoms with van der Waals surface area (Å²) in [6.45, 7) is 15.7. The molecule has 2 aliphatic heterocycles. The molecule has 0 aromatic rings. The molecule has 14 atom stereocenters. The van der Waals surface area contributed by atoms with Crippen LogP contribution in [0.2, 0.25) is 0 Å². The molecule has 2 heterocycles. The van der Waals surface area contributed by atoms with E-state index in [0.29, 0.717) is 0 Å². The van der Waals surface area contributed by atoms with Gasteiger partial charge in [0.2, 0.25) is 0 Å². The normalized spacial score (nSPS) is 47.6. The summed E-state index contributed by atoms with van der Waals surface area (Å²) in [5.41, 5.74) is -2.97. The van der Waals surface area contributed by atoms with Gasteiger partial charge in [-0.3, -0.25) is 9.59 Å². The average Bonchev–Trinajstić information content (AvgIpc) is 2.92. The molecule has 0 aromatic carbocycles. The molecule has 0 saturated carbocycles. The Morgan fingerprint density at radius 2 is 1.59 bits per heavy atom. The van der Waals surface area contributed by atoms with Crippen molar-refractivity contribution in [3.8, 4) is 0 Å². The van der Waals surface area contributed by atoms with Crippen molar-refractivity contribution in [2.75, 3.05) is 21.2 Å². The quantitative estimate of drug-likeness (QED) is 0.412. The van der Waals surface area contributed by atoms with E-state index in [0.717, 1.165) is 6.42 Å². The van der Waals surface area contributed by atoms with Crippen molar-refractivity contribution in [2.24, 2.45) is 29.6 Å². The predicted molar refractivity (Wildman–Crippen MR) is 155 cm³/mol. The summed E-state index contributed by atoms with van der Waals surface area (Å²) in [6, 6.07) is 0.201. The fourth-order valence-corrected chi connectivity index (χ4v) is 6.91. The lowest BCUT2D eigenvalue weighted by Gasteiger charge is -2.48. The van der Waals surface area contributed by atoms with Crippen LogP contribution in [-0.4, -0.2) is 107 Å². The Hall–Kier alpha value is -1.14. The number of hydrogen-bond acceptors (Lipinski definition) is 10. The lowest BCUT2D eigenvalue weighted by Crippen LogP contribution is -2.59. The van der Waals surface area contributed by atoms with Gasteiger partial charge in [0.1, 0.15) is 17.5 Å². The highest BCUT2D eigenvalue weighted by Crippen LogP contribution is 2.40. The smallest absolute Gasteiger partial charge is 0.311 e. The topological polar surface area (TPSA) is 135 Å². The fourth-order valence-electron chi connectivity index (χ4n) is 6.91. The maximum absolute atomic E-state index is 13.6.